The van der Waals surface area contributed by atoms with Crippen LogP contribution in [0, 0.1) is 5.82 Å². The molecule has 9 nitrogen and oxygen atoms in total. The summed E-state index contributed by atoms with van der Waals surface area (Å²) in [6, 6.07) is 18.4. The number of carbonyl (C=O) groups excluding carboxylic acids is 3. The number of anilines is 3. The monoisotopic (exact) mass is 543 g/mol. The number of fused-ring (bicyclic) bond motifs is 1. The molecule has 3 aromatic rings. The second-order valence-electron chi connectivity index (χ2n) is 9.53. The smallest absolute Gasteiger partial charge is 0.272 e. The van der Waals surface area contributed by atoms with Gasteiger partial charge < -0.3 is 25.6 Å². The van der Waals surface area contributed by atoms with Crippen molar-refractivity contribution in [1.82, 2.24) is 10.2 Å². The van der Waals surface area contributed by atoms with Crippen LogP contribution in [0.1, 0.15) is 20.7 Å². The van der Waals surface area contributed by atoms with E-state index in [-0.39, 0.29) is 23.2 Å². The molecule has 1 fully saturated rings. The average molecular weight is 544 g/mol. The van der Waals surface area contributed by atoms with Crippen LogP contribution in [0.15, 0.2) is 78.5 Å². The summed E-state index contributed by atoms with van der Waals surface area (Å²) in [5.41, 5.74) is 2.60. The molecule has 1 saturated heterocycles. The molecule has 10 heteroatoms. The molecule has 0 saturated carbocycles. The average Bonchev–Trinajstić information content (AvgIpc) is 2.98. The van der Waals surface area contributed by atoms with Gasteiger partial charge in [0.15, 0.2) is 5.78 Å². The van der Waals surface area contributed by atoms with E-state index in [1.54, 1.807) is 61.7 Å². The van der Waals surface area contributed by atoms with Gasteiger partial charge in [0, 0.05) is 56.5 Å². The number of methoxy groups -OCH3 is 1. The number of hydrogen-bond acceptors (Lipinski definition) is 7. The fourth-order valence-corrected chi connectivity index (χ4v) is 4.71. The van der Waals surface area contributed by atoms with Gasteiger partial charge >= 0.3 is 0 Å². The van der Waals surface area contributed by atoms with Gasteiger partial charge in [0.1, 0.15) is 17.3 Å². The number of allylic oxidation sites excluding steroid dienone is 1. The molecule has 0 radical (unpaired) electrons. The molecule has 0 aromatic heterocycles. The third-order valence-electron chi connectivity index (χ3n) is 6.97. The van der Waals surface area contributed by atoms with Gasteiger partial charge in [-0.05, 0) is 54.6 Å². The van der Waals surface area contributed by atoms with E-state index in [0.29, 0.717) is 60.1 Å². The summed E-state index contributed by atoms with van der Waals surface area (Å²) in [4.78, 5) is 42.3. The summed E-state index contributed by atoms with van der Waals surface area (Å²) in [6.07, 6.45) is 1.25. The molecule has 2 amide bonds. The molecule has 0 unspecified atom stereocenters. The number of para-hydroxylation sites is 1. The van der Waals surface area contributed by atoms with E-state index >= 15 is 0 Å². The van der Waals surface area contributed by atoms with Crippen LogP contribution in [0.5, 0.6) is 5.75 Å². The summed E-state index contributed by atoms with van der Waals surface area (Å²) in [5.74, 6) is -0.632. The number of rotatable bonds is 8. The van der Waals surface area contributed by atoms with Gasteiger partial charge in [-0.25, -0.2) is 4.39 Å². The highest BCUT2D eigenvalue weighted by Gasteiger charge is 2.23. The van der Waals surface area contributed by atoms with Gasteiger partial charge in [-0.2, -0.15) is 0 Å². The van der Waals surface area contributed by atoms with E-state index in [4.69, 9.17) is 4.74 Å². The molecule has 3 aromatic carbocycles. The third-order valence-corrected chi connectivity index (χ3v) is 6.97. The lowest BCUT2D eigenvalue weighted by atomic mass is 10.1. The SMILES string of the molecule is COc1ccc(C(=O)/C=C2/Nc3ccc(C(=O)NCCN4CCN(c5ccccc5F)CC4)cc3NC2=O)cc1. The summed E-state index contributed by atoms with van der Waals surface area (Å²) in [7, 11) is 1.54. The van der Waals surface area contributed by atoms with Crippen molar-refractivity contribution in [2.24, 2.45) is 0 Å². The first-order valence-electron chi connectivity index (χ1n) is 13.0. The van der Waals surface area contributed by atoms with Crippen molar-refractivity contribution >= 4 is 34.7 Å². The first-order chi connectivity index (χ1) is 19.4. The molecule has 0 bridgehead atoms. The number of nitrogens with one attached hydrogen (secondary N) is 3. The van der Waals surface area contributed by atoms with E-state index < -0.39 is 5.91 Å². The van der Waals surface area contributed by atoms with Crippen molar-refractivity contribution in [2.75, 3.05) is 61.9 Å². The lowest BCUT2D eigenvalue weighted by Gasteiger charge is -2.36. The topological polar surface area (TPSA) is 103 Å². The summed E-state index contributed by atoms with van der Waals surface area (Å²) in [6.45, 7) is 4.12. The highest BCUT2D eigenvalue weighted by atomic mass is 19.1. The minimum atomic E-state index is -0.471. The Bertz CT molecular complexity index is 1450. The fourth-order valence-electron chi connectivity index (χ4n) is 4.71. The molecule has 206 valence electrons. The maximum atomic E-state index is 14.1. The van der Waals surface area contributed by atoms with Crippen molar-refractivity contribution in [3.8, 4) is 5.75 Å². The molecule has 0 aliphatic carbocycles. The number of ketones is 1. The maximum Gasteiger partial charge on any atom is 0.272 e. The largest absolute Gasteiger partial charge is 0.497 e. The van der Waals surface area contributed by atoms with Crippen LogP contribution in [0.3, 0.4) is 0 Å². The van der Waals surface area contributed by atoms with Crippen molar-refractivity contribution in [1.29, 1.82) is 0 Å². The van der Waals surface area contributed by atoms with Gasteiger partial charge in [0.2, 0.25) is 0 Å². The highest BCUT2D eigenvalue weighted by molar-refractivity contribution is 6.17. The highest BCUT2D eigenvalue weighted by Crippen LogP contribution is 2.29. The number of piperazine rings is 1. The number of benzene rings is 3. The number of amides is 2. The standard InChI is InChI=1S/C30H30FN5O4/c1-40-22-9-6-20(7-10-22)28(37)19-26-30(39)34-25-18-21(8-11-24(25)33-26)29(38)32-12-13-35-14-16-36(17-15-35)27-5-3-2-4-23(27)31/h2-11,18-19,33H,12-17H2,1H3,(H,32,38)(H,34,39)/b26-19+. The zero-order valence-corrected chi connectivity index (χ0v) is 22.1. The Balaban J connectivity index is 1.12. The molecule has 2 aliphatic rings. The predicted octanol–water partition coefficient (Wildman–Crippen LogP) is 3.52. The van der Waals surface area contributed by atoms with Crippen LogP contribution in [0.25, 0.3) is 0 Å². The number of halogens is 1. The second-order valence-corrected chi connectivity index (χ2v) is 9.53. The molecule has 2 aliphatic heterocycles. The normalized spacial score (nSPS) is 16.1. The van der Waals surface area contributed by atoms with Crippen molar-refractivity contribution in [3.63, 3.8) is 0 Å². The Morgan fingerprint density at radius 2 is 1.68 bits per heavy atom. The Morgan fingerprint density at radius 3 is 2.40 bits per heavy atom. The summed E-state index contributed by atoms with van der Waals surface area (Å²) >= 11 is 0. The quantitative estimate of drug-likeness (QED) is 0.295. The number of hydrogen-bond donors (Lipinski definition) is 3. The molecular formula is C30H30FN5O4. The van der Waals surface area contributed by atoms with Crippen LogP contribution in [0.4, 0.5) is 21.5 Å². The Hall–Kier alpha value is -4.70. The number of carbonyl (C=O) groups is 3. The van der Waals surface area contributed by atoms with Crippen molar-refractivity contribution in [3.05, 3.63) is 95.4 Å². The molecule has 40 heavy (non-hydrogen) atoms. The van der Waals surface area contributed by atoms with Gasteiger partial charge in [-0.3, -0.25) is 19.3 Å². The van der Waals surface area contributed by atoms with Crippen molar-refractivity contribution < 1.29 is 23.5 Å². The van der Waals surface area contributed by atoms with E-state index in [2.05, 4.69) is 20.9 Å². The minimum absolute atomic E-state index is 0.112. The Morgan fingerprint density at radius 1 is 0.950 bits per heavy atom. The number of ether oxygens (including phenoxy) is 1. The van der Waals surface area contributed by atoms with E-state index in [0.717, 1.165) is 13.1 Å². The minimum Gasteiger partial charge on any atom is -0.497 e. The van der Waals surface area contributed by atoms with Gasteiger partial charge in [-0.15, -0.1) is 0 Å². The van der Waals surface area contributed by atoms with Crippen LogP contribution in [-0.4, -0.2) is 68.9 Å². The Labute approximate surface area is 231 Å². The molecule has 2 heterocycles. The molecular weight excluding hydrogens is 513 g/mol. The third kappa shape index (κ3) is 6.13. The van der Waals surface area contributed by atoms with Gasteiger partial charge in [-0.1, -0.05) is 12.1 Å². The van der Waals surface area contributed by atoms with E-state index in [1.165, 1.54) is 12.1 Å². The van der Waals surface area contributed by atoms with Crippen LogP contribution in [0.2, 0.25) is 0 Å². The zero-order chi connectivity index (χ0) is 28.1. The maximum absolute atomic E-state index is 14.1. The van der Waals surface area contributed by atoms with Gasteiger partial charge in [0.05, 0.1) is 24.2 Å². The first kappa shape index (κ1) is 26.9. The zero-order valence-electron chi connectivity index (χ0n) is 22.1. The predicted molar refractivity (Wildman–Crippen MR) is 151 cm³/mol. The lowest BCUT2D eigenvalue weighted by molar-refractivity contribution is -0.112. The van der Waals surface area contributed by atoms with E-state index in [1.807, 2.05) is 11.0 Å². The van der Waals surface area contributed by atoms with Crippen molar-refractivity contribution in [2.45, 2.75) is 0 Å². The molecule has 0 spiro atoms. The number of nitrogens with zero attached hydrogens (tertiary/aromatic N) is 2. The first-order valence-corrected chi connectivity index (χ1v) is 13.0. The van der Waals surface area contributed by atoms with Crippen LogP contribution in [-0.2, 0) is 4.79 Å². The summed E-state index contributed by atoms with van der Waals surface area (Å²) < 4.78 is 19.2. The summed E-state index contributed by atoms with van der Waals surface area (Å²) in [5, 5.41) is 8.65. The molecule has 0 atom stereocenters. The Kier molecular flexibility index (Phi) is 8.07. The fraction of sp³-hybridized carbons (Fsp3) is 0.233. The van der Waals surface area contributed by atoms with Gasteiger partial charge in [0.25, 0.3) is 11.8 Å². The second kappa shape index (κ2) is 12.0. The molecule has 5 rings (SSSR count). The lowest BCUT2D eigenvalue weighted by Crippen LogP contribution is -2.48. The van der Waals surface area contributed by atoms with Crippen LogP contribution < -0.4 is 25.6 Å². The van der Waals surface area contributed by atoms with Crippen LogP contribution >= 0.6 is 0 Å². The molecule has 3 N–H and O–H groups in total. The van der Waals surface area contributed by atoms with E-state index in [9.17, 15) is 18.8 Å².